The number of carbonyl (C=O) groups excluding carboxylic acids is 1. The van der Waals surface area contributed by atoms with E-state index < -0.39 is 0 Å². The van der Waals surface area contributed by atoms with Crippen molar-refractivity contribution in [1.29, 1.82) is 0 Å². The molecule has 0 aromatic rings. The van der Waals surface area contributed by atoms with Crippen LogP contribution in [0.5, 0.6) is 0 Å². The second-order valence-corrected chi connectivity index (χ2v) is 11.0. The van der Waals surface area contributed by atoms with Crippen LogP contribution in [0.4, 0.5) is 0 Å². The minimum absolute atomic E-state index is 0.0723. The summed E-state index contributed by atoms with van der Waals surface area (Å²) in [4.78, 5) is 15.4. The van der Waals surface area contributed by atoms with Gasteiger partial charge in [0.2, 0.25) is 5.91 Å². The van der Waals surface area contributed by atoms with Gasteiger partial charge in [0, 0.05) is 13.1 Å². The number of nitrogens with zero attached hydrogens (tertiary/aromatic N) is 1. The van der Waals surface area contributed by atoms with E-state index in [1.807, 2.05) is 0 Å². The molecular formula is C20H36N2O. The van der Waals surface area contributed by atoms with E-state index in [9.17, 15) is 4.79 Å². The van der Waals surface area contributed by atoms with Crippen LogP contribution in [-0.4, -0.2) is 38.0 Å². The van der Waals surface area contributed by atoms with Crippen molar-refractivity contribution >= 4 is 5.91 Å². The van der Waals surface area contributed by atoms with E-state index in [1.54, 1.807) is 0 Å². The van der Waals surface area contributed by atoms with Gasteiger partial charge in [-0.15, -0.1) is 0 Å². The average molecular weight is 321 g/mol. The molecule has 4 aliphatic carbocycles. The fraction of sp³-hybridized carbons (Fsp3) is 0.950. The van der Waals surface area contributed by atoms with Crippen molar-refractivity contribution in [2.75, 3.05) is 27.2 Å². The second-order valence-electron chi connectivity index (χ2n) is 11.0. The van der Waals surface area contributed by atoms with Gasteiger partial charge in [0.1, 0.15) is 0 Å². The van der Waals surface area contributed by atoms with E-state index in [0.717, 1.165) is 38.3 Å². The molecule has 2 atom stereocenters. The first kappa shape index (κ1) is 17.3. The minimum atomic E-state index is -0.0723. The molecule has 1 amide bonds. The maximum atomic E-state index is 13.2. The zero-order chi connectivity index (χ0) is 17.1. The van der Waals surface area contributed by atoms with Gasteiger partial charge >= 0.3 is 0 Å². The SMILES string of the molecule is CN(C)CC(C)(C)CNC(=O)C12CC3CC(C)(CC(C)(C3)C1)C2. The molecule has 3 heteroatoms. The molecule has 0 heterocycles. The Morgan fingerprint density at radius 2 is 1.65 bits per heavy atom. The highest BCUT2D eigenvalue weighted by molar-refractivity contribution is 5.83. The van der Waals surface area contributed by atoms with E-state index >= 15 is 0 Å². The third-order valence-corrected chi connectivity index (χ3v) is 6.58. The molecule has 1 N–H and O–H groups in total. The normalized spacial score (nSPS) is 42.3. The smallest absolute Gasteiger partial charge is 0.226 e. The van der Waals surface area contributed by atoms with Gasteiger partial charge in [0.15, 0.2) is 0 Å². The van der Waals surface area contributed by atoms with Crippen molar-refractivity contribution in [1.82, 2.24) is 10.2 Å². The second kappa shape index (κ2) is 5.21. The first-order chi connectivity index (χ1) is 10.5. The first-order valence-corrected chi connectivity index (χ1v) is 9.38. The lowest BCUT2D eigenvalue weighted by Crippen LogP contribution is -2.60. The molecule has 3 nitrogen and oxygen atoms in total. The number of carbonyl (C=O) groups is 1. The van der Waals surface area contributed by atoms with Crippen molar-refractivity contribution in [2.24, 2.45) is 27.6 Å². The Morgan fingerprint density at radius 3 is 2.13 bits per heavy atom. The number of amides is 1. The Balaban J connectivity index is 1.70. The summed E-state index contributed by atoms with van der Waals surface area (Å²) in [5.74, 6) is 1.13. The summed E-state index contributed by atoms with van der Waals surface area (Å²) in [6, 6.07) is 0. The molecule has 4 aliphatic rings. The van der Waals surface area contributed by atoms with Gasteiger partial charge in [0.25, 0.3) is 0 Å². The third-order valence-electron chi connectivity index (χ3n) is 6.58. The Morgan fingerprint density at radius 1 is 1.09 bits per heavy atom. The zero-order valence-corrected chi connectivity index (χ0v) is 16.1. The van der Waals surface area contributed by atoms with Crippen molar-refractivity contribution in [3.63, 3.8) is 0 Å². The quantitative estimate of drug-likeness (QED) is 0.838. The highest BCUT2D eigenvalue weighted by Gasteiger charge is 2.62. The standard InChI is InChI=1S/C20H36N2O/c1-17(2,14-22(5)6)13-21-16(23)20-9-15-7-18(3,11-20)10-19(4,8-15)12-20/h15H,7-14H2,1-6H3,(H,21,23). The van der Waals surface area contributed by atoms with Gasteiger partial charge in [-0.2, -0.15) is 0 Å². The van der Waals surface area contributed by atoms with Crippen LogP contribution >= 0.6 is 0 Å². The molecule has 0 saturated heterocycles. The van der Waals surface area contributed by atoms with Crippen LogP contribution in [-0.2, 0) is 4.79 Å². The van der Waals surface area contributed by atoms with E-state index in [4.69, 9.17) is 0 Å². The molecule has 0 aromatic heterocycles. The molecule has 23 heavy (non-hydrogen) atoms. The summed E-state index contributed by atoms with van der Waals surface area (Å²) in [7, 11) is 4.20. The maximum absolute atomic E-state index is 13.2. The third kappa shape index (κ3) is 3.31. The number of rotatable bonds is 5. The van der Waals surface area contributed by atoms with Gasteiger partial charge in [-0.3, -0.25) is 4.79 Å². The Hall–Kier alpha value is -0.570. The van der Waals surface area contributed by atoms with Crippen LogP contribution in [0.25, 0.3) is 0 Å². The first-order valence-electron chi connectivity index (χ1n) is 9.38. The average Bonchev–Trinajstić information content (AvgIpc) is 2.29. The van der Waals surface area contributed by atoms with Crippen molar-refractivity contribution < 1.29 is 4.79 Å². The topological polar surface area (TPSA) is 32.3 Å². The Labute approximate surface area is 142 Å². The van der Waals surface area contributed by atoms with Crippen LogP contribution in [0.1, 0.15) is 66.2 Å². The van der Waals surface area contributed by atoms with Crippen molar-refractivity contribution in [3.05, 3.63) is 0 Å². The van der Waals surface area contributed by atoms with Crippen LogP contribution in [0.2, 0.25) is 0 Å². The lowest BCUT2D eigenvalue weighted by Gasteiger charge is -2.64. The summed E-state index contributed by atoms with van der Waals surface area (Å²) in [6.45, 7) is 11.1. The molecule has 4 fully saturated rings. The minimum Gasteiger partial charge on any atom is -0.355 e. The van der Waals surface area contributed by atoms with Crippen LogP contribution < -0.4 is 5.32 Å². The van der Waals surface area contributed by atoms with Gasteiger partial charge in [-0.05, 0) is 74.8 Å². The predicted octanol–water partition coefficient (Wildman–Crippen LogP) is 3.69. The van der Waals surface area contributed by atoms with Crippen LogP contribution in [0.15, 0.2) is 0 Å². The molecule has 0 aromatic carbocycles. The fourth-order valence-corrected chi connectivity index (χ4v) is 7.12. The molecule has 4 saturated carbocycles. The number of hydrogen-bond acceptors (Lipinski definition) is 2. The zero-order valence-electron chi connectivity index (χ0n) is 16.1. The van der Waals surface area contributed by atoms with Gasteiger partial charge in [-0.1, -0.05) is 27.7 Å². The Kier molecular flexibility index (Phi) is 3.91. The van der Waals surface area contributed by atoms with Crippen LogP contribution in [0.3, 0.4) is 0 Å². The largest absolute Gasteiger partial charge is 0.355 e. The van der Waals surface area contributed by atoms with Gasteiger partial charge in [-0.25, -0.2) is 0 Å². The molecule has 0 spiro atoms. The number of hydrogen-bond donors (Lipinski definition) is 1. The van der Waals surface area contributed by atoms with Crippen LogP contribution in [0, 0.1) is 27.6 Å². The number of nitrogens with one attached hydrogen (secondary N) is 1. The fourth-order valence-electron chi connectivity index (χ4n) is 7.12. The van der Waals surface area contributed by atoms with Gasteiger partial charge in [0.05, 0.1) is 5.41 Å². The summed E-state index contributed by atoms with van der Waals surface area (Å²) in [6.07, 6.45) is 7.40. The molecule has 2 unspecified atom stereocenters. The molecule has 132 valence electrons. The molecule has 0 aliphatic heterocycles. The molecule has 4 rings (SSSR count). The maximum Gasteiger partial charge on any atom is 0.226 e. The van der Waals surface area contributed by atoms with E-state index in [1.165, 1.54) is 19.3 Å². The lowest BCUT2D eigenvalue weighted by molar-refractivity contribution is -0.170. The monoisotopic (exact) mass is 320 g/mol. The summed E-state index contributed by atoms with van der Waals surface area (Å²) in [5, 5.41) is 3.35. The lowest BCUT2D eigenvalue weighted by atomic mass is 9.40. The van der Waals surface area contributed by atoms with E-state index in [2.05, 4.69) is 52.0 Å². The van der Waals surface area contributed by atoms with Crippen molar-refractivity contribution in [2.45, 2.75) is 66.2 Å². The predicted molar refractivity (Wildman–Crippen MR) is 95.2 cm³/mol. The molecular weight excluding hydrogens is 284 g/mol. The van der Waals surface area contributed by atoms with Gasteiger partial charge < -0.3 is 10.2 Å². The highest BCUT2D eigenvalue weighted by atomic mass is 16.2. The molecule has 0 radical (unpaired) electrons. The van der Waals surface area contributed by atoms with Crippen molar-refractivity contribution in [3.8, 4) is 0 Å². The Bertz CT molecular complexity index is 478. The summed E-state index contributed by atoms with van der Waals surface area (Å²) < 4.78 is 0. The molecule has 4 bridgehead atoms. The highest BCUT2D eigenvalue weighted by Crippen LogP contribution is 2.69. The summed E-state index contributed by atoms with van der Waals surface area (Å²) in [5.41, 5.74) is 0.863. The van der Waals surface area contributed by atoms with E-state index in [0.29, 0.717) is 16.7 Å². The van der Waals surface area contributed by atoms with E-state index in [-0.39, 0.29) is 10.8 Å². The summed E-state index contributed by atoms with van der Waals surface area (Å²) >= 11 is 0.